The van der Waals surface area contributed by atoms with Crippen molar-refractivity contribution < 1.29 is 10.2 Å². The molecule has 27 heavy (non-hydrogen) atoms. The first-order valence-electron chi connectivity index (χ1n) is 9.89. The monoisotopic (exact) mass is 389 g/mol. The summed E-state index contributed by atoms with van der Waals surface area (Å²) in [5, 5.41) is 19.3. The molecule has 2 aromatic rings. The van der Waals surface area contributed by atoms with E-state index in [-0.39, 0.29) is 19.0 Å². The van der Waals surface area contributed by atoms with E-state index < -0.39 is 6.10 Å². The summed E-state index contributed by atoms with van der Waals surface area (Å²) in [5.41, 5.74) is 2.76. The molecular weight excluding hydrogens is 358 g/mol. The number of rotatable bonds is 9. The molecule has 0 spiro atoms. The lowest BCUT2D eigenvalue weighted by atomic mass is 10.0. The number of nitrogens with zero attached hydrogens (tertiary/aromatic N) is 1. The van der Waals surface area contributed by atoms with Gasteiger partial charge in [-0.3, -0.25) is 4.90 Å². The minimum absolute atomic E-state index is 0. The lowest BCUT2D eigenvalue weighted by Crippen LogP contribution is -2.42. The molecule has 1 aliphatic heterocycles. The Kier molecular flexibility index (Phi) is 9.29. The highest BCUT2D eigenvalue weighted by Gasteiger charge is 2.33. The molecule has 0 aromatic heterocycles. The van der Waals surface area contributed by atoms with Crippen LogP contribution < -0.4 is 0 Å². The molecule has 148 valence electrons. The second-order valence-electron chi connectivity index (χ2n) is 7.47. The first-order chi connectivity index (χ1) is 12.8. The van der Waals surface area contributed by atoms with Crippen molar-refractivity contribution in [2.75, 3.05) is 13.2 Å². The Balaban J connectivity index is 0.00000261. The fourth-order valence-electron chi connectivity index (χ4n) is 4.19. The molecular formula is C23H32ClNO2. The van der Waals surface area contributed by atoms with Crippen molar-refractivity contribution in [3.05, 3.63) is 71.8 Å². The molecule has 0 radical (unpaired) electrons. The SMILES string of the molecule is Cl.OC[C@H](O)CN1[C@H](CCc2ccccc2)CC[C@@H]1CCc1ccccc1. The predicted molar refractivity (Wildman–Crippen MR) is 113 cm³/mol. The van der Waals surface area contributed by atoms with E-state index in [1.807, 2.05) is 0 Å². The van der Waals surface area contributed by atoms with Gasteiger partial charge in [-0.15, -0.1) is 12.4 Å². The highest BCUT2D eigenvalue weighted by atomic mass is 35.5. The highest BCUT2D eigenvalue weighted by Crippen LogP contribution is 2.30. The summed E-state index contributed by atoms with van der Waals surface area (Å²) in [5.74, 6) is 0. The maximum atomic E-state index is 10.0. The summed E-state index contributed by atoms with van der Waals surface area (Å²) in [6, 6.07) is 22.3. The van der Waals surface area contributed by atoms with E-state index in [4.69, 9.17) is 0 Å². The Morgan fingerprint density at radius 3 is 1.67 bits per heavy atom. The van der Waals surface area contributed by atoms with E-state index in [2.05, 4.69) is 65.6 Å². The van der Waals surface area contributed by atoms with E-state index in [0.717, 1.165) is 25.7 Å². The zero-order valence-electron chi connectivity index (χ0n) is 15.9. The van der Waals surface area contributed by atoms with Crippen LogP contribution in [0.5, 0.6) is 0 Å². The lowest BCUT2D eigenvalue weighted by Gasteiger charge is -2.32. The molecule has 1 saturated heterocycles. The Bertz CT molecular complexity index is 586. The van der Waals surface area contributed by atoms with Gasteiger partial charge in [0.15, 0.2) is 0 Å². The van der Waals surface area contributed by atoms with Gasteiger partial charge >= 0.3 is 0 Å². The maximum absolute atomic E-state index is 10.0. The van der Waals surface area contributed by atoms with Gasteiger partial charge < -0.3 is 10.2 Å². The smallest absolute Gasteiger partial charge is 0.0897 e. The Labute approximate surface area is 169 Å². The minimum Gasteiger partial charge on any atom is -0.394 e. The van der Waals surface area contributed by atoms with Crippen molar-refractivity contribution in [1.82, 2.24) is 4.90 Å². The van der Waals surface area contributed by atoms with E-state index in [1.165, 1.54) is 24.0 Å². The second kappa shape index (κ2) is 11.5. The van der Waals surface area contributed by atoms with Gasteiger partial charge in [-0.05, 0) is 49.7 Å². The number of aliphatic hydroxyl groups excluding tert-OH is 2. The van der Waals surface area contributed by atoms with E-state index in [0.29, 0.717) is 18.6 Å². The number of aliphatic hydroxyl groups is 2. The average Bonchev–Trinajstić information content (AvgIpc) is 3.07. The van der Waals surface area contributed by atoms with Crippen LogP contribution in [0.2, 0.25) is 0 Å². The molecule has 3 atom stereocenters. The van der Waals surface area contributed by atoms with Gasteiger partial charge in [-0.25, -0.2) is 0 Å². The summed E-state index contributed by atoms with van der Waals surface area (Å²) in [4.78, 5) is 2.47. The van der Waals surface area contributed by atoms with Crippen LogP contribution in [0.3, 0.4) is 0 Å². The molecule has 1 heterocycles. The maximum Gasteiger partial charge on any atom is 0.0897 e. The normalized spacial score (nSPS) is 21.0. The largest absolute Gasteiger partial charge is 0.394 e. The van der Waals surface area contributed by atoms with Gasteiger partial charge in [-0.1, -0.05) is 60.7 Å². The molecule has 0 bridgehead atoms. The summed E-state index contributed by atoms with van der Waals surface area (Å²) >= 11 is 0. The standard InChI is InChI=1S/C23H31NO2.ClH/c25-18-23(26)17-24-21(13-11-19-7-3-1-4-8-19)15-16-22(24)14-12-20-9-5-2-6-10-20;/h1-10,21-23,25-26H,11-18H2;1H/t21-,22+,23-;/m1./s1. The third-order valence-electron chi connectivity index (χ3n) is 5.62. The summed E-state index contributed by atoms with van der Waals surface area (Å²) < 4.78 is 0. The number of aryl methyl sites for hydroxylation is 2. The molecule has 0 aliphatic carbocycles. The summed E-state index contributed by atoms with van der Waals surface area (Å²) in [6.45, 7) is 0.419. The van der Waals surface area contributed by atoms with Gasteiger partial charge in [0, 0.05) is 18.6 Å². The second-order valence-corrected chi connectivity index (χ2v) is 7.47. The zero-order valence-corrected chi connectivity index (χ0v) is 16.7. The van der Waals surface area contributed by atoms with Crippen molar-refractivity contribution in [3.63, 3.8) is 0 Å². The highest BCUT2D eigenvalue weighted by molar-refractivity contribution is 5.85. The number of benzene rings is 2. The number of hydrogen-bond donors (Lipinski definition) is 2. The zero-order chi connectivity index (χ0) is 18.2. The molecule has 0 amide bonds. The van der Waals surface area contributed by atoms with Gasteiger partial charge in [0.25, 0.3) is 0 Å². The molecule has 2 N–H and O–H groups in total. The molecule has 1 fully saturated rings. The topological polar surface area (TPSA) is 43.7 Å². The fourth-order valence-corrected chi connectivity index (χ4v) is 4.19. The van der Waals surface area contributed by atoms with E-state index >= 15 is 0 Å². The third kappa shape index (κ3) is 6.62. The first-order valence-corrected chi connectivity index (χ1v) is 9.89. The van der Waals surface area contributed by atoms with Crippen molar-refractivity contribution in [1.29, 1.82) is 0 Å². The molecule has 0 saturated carbocycles. The van der Waals surface area contributed by atoms with Gasteiger partial charge in [0.05, 0.1) is 12.7 Å². The van der Waals surface area contributed by atoms with Crippen LogP contribution >= 0.6 is 12.4 Å². The first kappa shape index (κ1) is 21.9. The van der Waals surface area contributed by atoms with Crippen LogP contribution in [-0.4, -0.2) is 46.5 Å². The molecule has 1 aliphatic rings. The van der Waals surface area contributed by atoms with Crippen LogP contribution in [0.4, 0.5) is 0 Å². The Hall–Kier alpha value is -1.39. The summed E-state index contributed by atoms with van der Waals surface area (Å²) in [6.07, 6.45) is 6.10. The minimum atomic E-state index is -0.647. The number of β-amino-alcohol motifs (C(OH)–C–C–N with tert-alkyl or cyclic N) is 1. The predicted octanol–water partition coefficient (Wildman–Crippen LogP) is 3.86. The number of halogens is 1. The molecule has 3 rings (SSSR count). The van der Waals surface area contributed by atoms with Crippen molar-refractivity contribution in [2.45, 2.75) is 56.7 Å². The van der Waals surface area contributed by atoms with Crippen molar-refractivity contribution in [2.24, 2.45) is 0 Å². The van der Waals surface area contributed by atoms with E-state index in [1.54, 1.807) is 0 Å². The Morgan fingerprint density at radius 2 is 1.26 bits per heavy atom. The molecule has 2 aromatic carbocycles. The van der Waals surface area contributed by atoms with Gasteiger partial charge in [-0.2, -0.15) is 0 Å². The molecule has 3 nitrogen and oxygen atoms in total. The summed E-state index contributed by atoms with van der Waals surface area (Å²) in [7, 11) is 0. The van der Waals surface area contributed by atoms with Gasteiger partial charge in [0.1, 0.15) is 0 Å². The number of hydrogen-bond acceptors (Lipinski definition) is 3. The van der Waals surface area contributed by atoms with Crippen LogP contribution in [0, 0.1) is 0 Å². The van der Waals surface area contributed by atoms with Crippen molar-refractivity contribution >= 4 is 12.4 Å². The number of likely N-dealkylation sites (tertiary alicyclic amines) is 1. The van der Waals surface area contributed by atoms with Crippen LogP contribution in [-0.2, 0) is 12.8 Å². The van der Waals surface area contributed by atoms with Gasteiger partial charge in [0.2, 0.25) is 0 Å². The quantitative estimate of drug-likeness (QED) is 0.684. The lowest BCUT2D eigenvalue weighted by molar-refractivity contribution is 0.0393. The van der Waals surface area contributed by atoms with Crippen LogP contribution in [0.25, 0.3) is 0 Å². The molecule has 4 heteroatoms. The third-order valence-corrected chi connectivity index (χ3v) is 5.62. The molecule has 0 unspecified atom stereocenters. The Morgan fingerprint density at radius 1 is 0.815 bits per heavy atom. The van der Waals surface area contributed by atoms with Crippen molar-refractivity contribution in [3.8, 4) is 0 Å². The average molecular weight is 390 g/mol. The van der Waals surface area contributed by atoms with Crippen LogP contribution in [0.1, 0.15) is 36.8 Å². The van der Waals surface area contributed by atoms with Crippen LogP contribution in [0.15, 0.2) is 60.7 Å². The van der Waals surface area contributed by atoms with E-state index in [9.17, 15) is 10.2 Å². The fraction of sp³-hybridized carbons (Fsp3) is 0.478.